The Balaban J connectivity index is 1.97. The predicted molar refractivity (Wildman–Crippen MR) is 95.4 cm³/mol. The Hall–Kier alpha value is -3.06. The molecule has 0 radical (unpaired) electrons. The molecule has 0 aromatic heterocycles. The summed E-state index contributed by atoms with van der Waals surface area (Å²) in [6, 6.07) is 11.7. The molecule has 0 fully saturated rings. The lowest BCUT2D eigenvalue weighted by molar-refractivity contribution is -0.136. The number of halogens is 1. The first kappa shape index (κ1) is 18.3. The van der Waals surface area contributed by atoms with Crippen molar-refractivity contribution in [2.75, 3.05) is 19.5 Å². The van der Waals surface area contributed by atoms with E-state index in [1.165, 1.54) is 19.4 Å². The van der Waals surface area contributed by atoms with Crippen LogP contribution < -0.4 is 20.2 Å². The fraction of sp³-hybridized carbons (Fsp3) is 0.118. The summed E-state index contributed by atoms with van der Waals surface area (Å²) >= 11 is 5.87. The van der Waals surface area contributed by atoms with Crippen LogP contribution in [0.4, 0.5) is 5.69 Å². The Kier molecular flexibility index (Phi) is 6.36. The molecule has 130 valence electrons. The fourth-order valence-corrected chi connectivity index (χ4v) is 2.07. The molecule has 25 heavy (non-hydrogen) atoms. The molecule has 0 heterocycles. The summed E-state index contributed by atoms with van der Waals surface area (Å²) in [7, 11) is 2.99. The number of hydrazone groups is 1. The highest BCUT2D eigenvalue weighted by Gasteiger charge is 2.15. The van der Waals surface area contributed by atoms with Crippen molar-refractivity contribution in [1.29, 1.82) is 0 Å². The third kappa shape index (κ3) is 5.22. The van der Waals surface area contributed by atoms with Gasteiger partial charge in [-0.25, -0.2) is 5.43 Å². The van der Waals surface area contributed by atoms with Crippen molar-refractivity contribution in [3.8, 4) is 11.5 Å². The van der Waals surface area contributed by atoms with Crippen LogP contribution in [-0.2, 0) is 9.59 Å². The van der Waals surface area contributed by atoms with Crippen molar-refractivity contribution in [2.24, 2.45) is 5.10 Å². The first-order valence-electron chi connectivity index (χ1n) is 7.15. The number of nitrogens with one attached hydrogen (secondary N) is 2. The summed E-state index contributed by atoms with van der Waals surface area (Å²) in [6.07, 6.45) is 1.40. The Bertz CT molecular complexity index is 808. The number of methoxy groups -OCH3 is 2. The van der Waals surface area contributed by atoms with Crippen molar-refractivity contribution >= 4 is 35.3 Å². The average Bonchev–Trinajstić information content (AvgIpc) is 2.62. The number of ether oxygens (including phenoxy) is 2. The highest BCUT2D eigenvalue weighted by Crippen LogP contribution is 2.27. The van der Waals surface area contributed by atoms with Crippen molar-refractivity contribution in [3.63, 3.8) is 0 Å². The highest BCUT2D eigenvalue weighted by molar-refractivity contribution is 6.40. The van der Waals surface area contributed by atoms with Crippen molar-refractivity contribution in [3.05, 3.63) is 53.1 Å². The van der Waals surface area contributed by atoms with Gasteiger partial charge in [-0.1, -0.05) is 23.7 Å². The number of benzene rings is 2. The molecule has 8 heteroatoms. The number of hydrogen-bond acceptors (Lipinski definition) is 5. The first-order valence-corrected chi connectivity index (χ1v) is 7.53. The van der Waals surface area contributed by atoms with Gasteiger partial charge in [-0.15, -0.1) is 0 Å². The minimum atomic E-state index is -0.929. The van der Waals surface area contributed by atoms with Gasteiger partial charge in [-0.2, -0.15) is 5.10 Å². The van der Waals surface area contributed by atoms with Crippen LogP contribution >= 0.6 is 11.6 Å². The Morgan fingerprint density at radius 2 is 1.88 bits per heavy atom. The van der Waals surface area contributed by atoms with Crippen LogP contribution in [0, 0.1) is 0 Å². The van der Waals surface area contributed by atoms with Gasteiger partial charge in [0.25, 0.3) is 0 Å². The Morgan fingerprint density at radius 3 is 2.60 bits per heavy atom. The molecule has 0 bridgehead atoms. The third-order valence-electron chi connectivity index (χ3n) is 3.09. The van der Waals surface area contributed by atoms with Crippen LogP contribution in [0.1, 0.15) is 5.56 Å². The Morgan fingerprint density at radius 1 is 1.08 bits per heavy atom. The number of nitrogens with zero attached hydrogens (tertiary/aromatic N) is 1. The number of carbonyl (C=O) groups is 2. The van der Waals surface area contributed by atoms with Crippen LogP contribution in [-0.4, -0.2) is 32.2 Å². The number of hydrogen-bond donors (Lipinski definition) is 2. The second-order valence-electron chi connectivity index (χ2n) is 4.77. The van der Waals surface area contributed by atoms with Gasteiger partial charge in [0, 0.05) is 5.02 Å². The van der Waals surface area contributed by atoms with Gasteiger partial charge in [0.1, 0.15) is 11.5 Å². The summed E-state index contributed by atoms with van der Waals surface area (Å²) < 4.78 is 10.2. The van der Waals surface area contributed by atoms with E-state index in [-0.39, 0.29) is 5.69 Å². The maximum Gasteiger partial charge on any atom is 0.329 e. The molecule has 0 unspecified atom stereocenters. The SMILES string of the molecule is COc1cccc(/C=N\NC(=O)C(=O)Nc2cc(Cl)ccc2OC)c1. The number of carbonyl (C=O) groups excluding carboxylic acids is 2. The summed E-state index contributed by atoms with van der Waals surface area (Å²) in [5, 5.41) is 6.55. The number of amides is 2. The lowest BCUT2D eigenvalue weighted by atomic mass is 10.2. The van der Waals surface area contributed by atoms with E-state index in [4.69, 9.17) is 21.1 Å². The second kappa shape index (κ2) is 8.70. The van der Waals surface area contributed by atoms with Crippen LogP contribution in [0.5, 0.6) is 11.5 Å². The summed E-state index contributed by atoms with van der Waals surface area (Å²) in [5.74, 6) is -0.795. The van der Waals surface area contributed by atoms with E-state index < -0.39 is 11.8 Å². The van der Waals surface area contributed by atoms with Crippen LogP contribution in [0.25, 0.3) is 0 Å². The van der Waals surface area contributed by atoms with Gasteiger partial charge >= 0.3 is 11.8 Å². The van der Waals surface area contributed by atoms with Gasteiger partial charge in [-0.3, -0.25) is 9.59 Å². The van der Waals surface area contributed by atoms with Crippen LogP contribution in [0.15, 0.2) is 47.6 Å². The standard InChI is InChI=1S/C17H16ClN3O4/c1-24-13-5-3-4-11(8-13)10-19-21-17(23)16(22)20-14-9-12(18)6-7-15(14)25-2/h3-10H,1-2H3,(H,20,22)(H,21,23)/b19-10-. The lowest BCUT2D eigenvalue weighted by Gasteiger charge is -2.09. The maximum atomic E-state index is 11.9. The molecule has 7 nitrogen and oxygen atoms in total. The molecule has 2 amide bonds. The van der Waals surface area contributed by atoms with Crippen molar-refractivity contribution < 1.29 is 19.1 Å². The molecule has 0 spiro atoms. The molecule has 2 rings (SSSR count). The van der Waals surface area contributed by atoms with Gasteiger partial charge in [-0.05, 0) is 35.9 Å². The molecule has 0 aliphatic heterocycles. The second-order valence-corrected chi connectivity index (χ2v) is 5.21. The molecule has 0 aliphatic carbocycles. The number of rotatable bonds is 5. The molecule has 0 saturated carbocycles. The molecular formula is C17H16ClN3O4. The van der Waals surface area contributed by atoms with Crippen molar-refractivity contribution in [2.45, 2.75) is 0 Å². The van der Waals surface area contributed by atoms with Gasteiger partial charge in [0.05, 0.1) is 26.1 Å². The molecule has 2 aromatic carbocycles. The number of anilines is 1. The van der Waals surface area contributed by atoms with E-state index in [0.29, 0.717) is 22.1 Å². The summed E-state index contributed by atoms with van der Waals surface area (Å²) in [6.45, 7) is 0. The summed E-state index contributed by atoms with van der Waals surface area (Å²) in [5.41, 5.74) is 3.13. The molecule has 2 aromatic rings. The molecule has 2 N–H and O–H groups in total. The third-order valence-corrected chi connectivity index (χ3v) is 3.32. The Labute approximate surface area is 149 Å². The highest BCUT2D eigenvalue weighted by atomic mass is 35.5. The molecule has 0 atom stereocenters. The predicted octanol–water partition coefficient (Wildman–Crippen LogP) is 2.45. The van der Waals surface area contributed by atoms with E-state index in [9.17, 15) is 9.59 Å². The van der Waals surface area contributed by atoms with Crippen LogP contribution in [0.3, 0.4) is 0 Å². The van der Waals surface area contributed by atoms with E-state index >= 15 is 0 Å². The van der Waals surface area contributed by atoms with Gasteiger partial charge < -0.3 is 14.8 Å². The zero-order valence-corrected chi connectivity index (χ0v) is 14.3. The minimum Gasteiger partial charge on any atom is -0.497 e. The smallest absolute Gasteiger partial charge is 0.329 e. The maximum absolute atomic E-state index is 11.9. The largest absolute Gasteiger partial charge is 0.497 e. The fourth-order valence-electron chi connectivity index (χ4n) is 1.89. The molecule has 0 saturated heterocycles. The zero-order valence-electron chi connectivity index (χ0n) is 13.6. The normalized spacial score (nSPS) is 10.4. The molecular weight excluding hydrogens is 346 g/mol. The van der Waals surface area contributed by atoms with E-state index in [1.54, 1.807) is 43.5 Å². The monoisotopic (exact) mass is 361 g/mol. The topological polar surface area (TPSA) is 89.0 Å². The van der Waals surface area contributed by atoms with Crippen molar-refractivity contribution in [1.82, 2.24) is 5.43 Å². The van der Waals surface area contributed by atoms with E-state index in [2.05, 4.69) is 15.8 Å². The van der Waals surface area contributed by atoms with E-state index in [0.717, 1.165) is 0 Å². The molecule has 0 aliphatic rings. The quantitative estimate of drug-likeness (QED) is 0.486. The lowest BCUT2D eigenvalue weighted by Crippen LogP contribution is -2.32. The average molecular weight is 362 g/mol. The summed E-state index contributed by atoms with van der Waals surface area (Å²) in [4.78, 5) is 23.7. The minimum absolute atomic E-state index is 0.284. The zero-order chi connectivity index (χ0) is 18.2. The van der Waals surface area contributed by atoms with Gasteiger partial charge in [0.15, 0.2) is 0 Å². The first-order chi connectivity index (χ1) is 12.0. The van der Waals surface area contributed by atoms with Crippen LogP contribution in [0.2, 0.25) is 5.02 Å². The van der Waals surface area contributed by atoms with Gasteiger partial charge in [0.2, 0.25) is 0 Å². The van der Waals surface area contributed by atoms with E-state index in [1.807, 2.05) is 0 Å².